The number of hydrogen-bond donors (Lipinski definition) is 1. The van der Waals surface area contributed by atoms with Gasteiger partial charge in [-0.3, -0.25) is 0 Å². The summed E-state index contributed by atoms with van der Waals surface area (Å²) in [6.07, 6.45) is 0. The highest BCUT2D eigenvalue weighted by Crippen LogP contribution is 2.34. The minimum Gasteiger partial charge on any atom is -0.339 e. The second-order valence-electron chi connectivity index (χ2n) is 12.5. The molecule has 9 rings (SSSR count). The summed E-state index contributed by atoms with van der Waals surface area (Å²) in [5, 5.41) is 27.4. The first-order chi connectivity index (χ1) is 27.2. The fraction of sp³-hybridized carbons (Fsp3) is 0. The van der Waals surface area contributed by atoms with Crippen molar-refractivity contribution in [3.63, 3.8) is 0 Å². The van der Waals surface area contributed by atoms with E-state index in [1.807, 2.05) is 182 Å². The molecule has 0 saturated carbocycles. The van der Waals surface area contributed by atoms with Gasteiger partial charge in [-0.25, -0.2) is 9.97 Å². The van der Waals surface area contributed by atoms with Crippen LogP contribution in [0.4, 0.5) is 11.5 Å². The van der Waals surface area contributed by atoms with Gasteiger partial charge in [0.15, 0.2) is 5.82 Å². The number of aromatic nitrogens is 8. The zero-order chi connectivity index (χ0) is 36.8. The summed E-state index contributed by atoms with van der Waals surface area (Å²) in [6.45, 7) is 0. The van der Waals surface area contributed by atoms with E-state index in [2.05, 4.69) is 20.6 Å². The van der Waals surface area contributed by atoms with Gasteiger partial charge in [0.05, 0.1) is 5.69 Å². The van der Waals surface area contributed by atoms with Gasteiger partial charge >= 0.3 is 0 Å². The molecule has 0 aliphatic rings. The van der Waals surface area contributed by atoms with Crippen molar-refractivity contribution in [2.24, 2.45) is 0 Å². The van der Waals surface area contributed by atoms with E-state index >= 15 is 0 Å². The third-order valence-corrected chi connectivity index (χ3v) is 9.70. The van der Waals surface area contributed by atoms with E-state index in [0.29, 0.717) is 22.6 Å². The van der Waals surface area contributed by atoms with Crippen LogP contribution in [0.15, 0.2) is 192 Å². The molecule has 3 heterocycles. The second-order valence-corrected chi connectivity index (χ2v) is 13.5. The summed E-state index contributed by atoms with van der Waals surface area (Å²) >= 11 is 1.46. The van der Waals surface area contributed by atoms with Gasteiger partial charge in [0, 0.05) is 44.5 Å². The first kappa shape index (κ1) is 33.5. The van der Waals surface area contributed by atoms with Gasteiger partial charge in [-0.15, -0.1) is 25.5 Å². The highest BCUT2D eigenvalue weighted by atomic mass is 32.2. The molecular weight excluding hydrogens is 699 g/mol. The Balaban J connectivity index is 1.01. The van der Waals surface area contributed by atoms with Crippen molar-refractivity contribution in [1.82, 2.24) is 40.1 Å². The van der Waals surface area contributed by atoms with Crippen molar-refractivity contribution >= 4 is 23.3 Å². The monoisotopic (exact) mass is 729 g/mol. The predicted octanol–water partition coefficient (Wildman–Crippen LogP) is 10.5. The van der Waals surface area contributed by atoms with Crippen molar-refractivity contribution in [3.8, 4) is 62.2 Å². The molecule has 10 heteroatoms. The Kier molecular flexibility index (Phi) is 9.36. The fourth-order valence-corrected chi connectivity index (χ4v) is 6.91. The van der Waals surface area contributed by atoms with Crippen LogP contribution in [-0.4, -0.2) is 40.1 Å². The highest BCUT2D eigenvalue weighted by molar-refractivity contribution is 7.99. The maximum Gasteiger partial charge on any atom is 0.271 e. The van der Waals surface area contributed by atoms with Crippen molar-refractivity contribution in [2.45, 2.75) is 10.1 Å². The first-order valence-electron chi connectivity index (χ1n) is 17.7. The molecule has 0 fully saturated rings. The topological polar surface area (TPSA) is 107 Å². The lowest BCUT2D eigenvalue weighted by Gasteiger charge is -2.11. The molecule has 0 unspecified atom stereocenters. The summed E-state index contributed by atoms with van der Waals surface area (Å²) in [7, 11) is 0. The third kappa shape index (κ3) is 7.35. The maximum absolute atomic E-state index is 5.07. The lowest BCUT2D eigenvalue weighted by molar-refractivity contribution is 0.785. The lowest BCUT2D eigenvalue weighted by atomic mass is 10.0. The minimum absolute atomic E-state index is 0.360. The normalized spacial score (nSPS) is 11.0. The lowest BCUT2D eigenvalue weighted by Crippen LogP contribution is -2.09. The molecule has 55 heavy (non-hydrogen) atoms. The smallest absolute Gasteiger partial charge is 0.271 e. The summed E-state index contributed by atoms with van der Waals surface area (Å²) in [5.41, 5.74) is 9.42. The molecule has 0 aliphatic heterocycles. The van der Waals surface area contributed by atoms with Crippen LogP contribution in [-0.2, 0) is 0 Å². The molecule has 0 saturated heterocycles. The molecule has 1 N–H and O–H groups in total. The van der Waals surface area contributed by atoms with Crippen LogP contribution in [0.1, 0.15) is 0 Å². The SMILES string of the molecule is c1ccc(-c2nnc(Sc3ccc(Nc4cc(-c5ccccc5)n(-c5nnc(-c6ccccc6)c(-c6ccccc6)n5)n4)cc3)nc2-c2ccccc2)cc1. The average molecular weight is 730 g/mol. The van der Waals surface area contributed by atoms with E-state index in [9.17, 15) is 0 Å². The van der Waals surface area contributed by atoms with E-state index < -0.39 is 0 Å². The van der Waals surface area contributed by atoms with Crippen LogP contribution in [0.5, 0.6) is 0 Å². The summed E-state index contributed by atoms with van der Waals surface area (Å²) in [5.74, 6) is 0.992. The van der Waals surface area contributed by atoms with E-state index in [0.717, 1.165) is 61.2 Å². The van der Waals surface area contributed by atoms with Crippen LogP contribution < -0.4 is 5.32 Å². The Labute approximate surface area is 321 Å². The molecule has 9 aromatic rings. The van der Waals surface area contributed by atoms with E-state index in [-0.39, 0.29) is 0 Å². The molecule has 3 aromatic heterocycles. The third-order valence-electron chi connectivity index (χ3n) is 8.84. The Bertz CT molecular complexity index is 2680. The van der Waals surface area contributed by atoms with Crippen molar-refractivity contribution in [3.05, 3.63) is 182 Å². The van der Waals surface area contributed by atoms with E-state index in [1.165, 1.54) is 11.8 Å². The van der Waals surface area contributed by atoms with Gasteiger partial charge in [-0.2, -0.15) is 4.68 Å². The Hall–Kier alpha value is -7.30. The van der Waals surface area contributed by atoms with Gasteiger partial charge < -0.3 is 5.32 Å². The standard InChI is InChI=1S/C45H31N9S/c1-6-16-31(17-7-1)38-30-39(53-54(38)44-47-40(32-18-8-2-9-19-32)42(49-51-44)34-22-12-4-13-23-34)46-36-26-28-37(29-27-36)55-45-48-41(33-20-10-3-11-21-33)43(50-52-45)35-24-14-5-15-25-35/h1-30H,(H,46,53). The van der Waals surface area contributed by atoms with Crippen LogP contribution in [0.2, 0.25) is 0 Å². The number of nitrogens with one attached hydrogen (secondary N) is 1. The zero-order valence-electron chi connectivity index (χ0n) is 29.3. The maximum atomic E-state index is 5.07. The first-order valence-corrected chi connectivity index (χ1v) is 18.5. The molecule has 0 amide bonds. The van der Waals surface area contributed by atoms with Crippen LogP contribution in [0, 0.1) is 0 Å². The van der Waals surface area contributed by atoms with Gasteiger partial charge in [0.2, 0.25) is 5.16 Å². The summed E-state index contributed by atoms with van der Waals surface area (Å²) in [6, 6.07) is 60.3. The van der Waals surface area contributed by atoms with Gasteiger partial charge in [0.1, 0.15) is 22.8 Å². The van der Waals surface area contributed by atoms with Crippen LogP contribution >= 0.6 is 11.8 Å². The molecule has 9 nitrogen and oxygen atoms in total. The molecule has 0 aliphatic carbocycles. The molecular formula is C45H31N9S. The van der Waals surface area contributed by atoms with Crippen LogP contribution in [0.3, 0.4) is 0 Å². The second kappa shape index (κ2) is 15.4. The molecule has 0 atom stereocenters. The minimum atomic E-state index is 0.360. The zero-order valence-corrected chi connectivity index (χ0v) is 30.1. The fourth-order valence-electron chi connectivity index (χ4n) is 6.21. The average Bonchev–Trinajstić information content (AvgIpc) is 3.69. The highest BCUT2D eigenvalue weighted by Gasteiger charge is 2.19. The number of nitrogens with zero attached hydrogens (tertiary/aromatic N) is 8. The van der Waals surface area contributed by atoms with E-state index in [4.69, 9.17) is 20.2 Å². The van der Waals surface area contributed by atoms with Crippen molar-refractivity contribution < 1.29 is 0 Å². The number of benzene rings is 6. The number of hydrogen-bond acceptors (Lipinski definition) is 9. The largest absolute Gasteiger partial charge is 0.339 e. The molecule has 0 radical (unpaired) electrons. The van der Waals surface area contributed by atoms with Crippen molar-refractivity contribution in [2.75, 3.05) is 5.32 Å². The Morgan fingerprint density at radius 2 is 0.873 bits per heavy atom. The molecule has 6 aromatic carbocycles. The quantitative estimate of drug-likeness (QED) is 0.147. The van der Waals surface area contributed by atoms with Gasteiger partial charge in [-0.05, 0) is 36.0 Å². The molecule has 0 spiro atoms. The van der Waals surface area contributed by atoms with Crippen LogP contribution in [0.25, 0.3) is 62.2 Å². The molecule has 262 valence electrons. The molecule has 0 bridgehead atoms. The van der Waals surface area contributed by atoms with Crippen molar-refractivity contribution in [1.29, 1.82) is 0 Å². The Morgan fingerprint density at radius 3 is 1.40 bits per heavy atom. The number of anilines is 2. The number of rotatable bonds is 10. The predicted molar refractivity (Wildman–Crippen MR) is 218 cm³/mol. The van der Waals surface area contributed by atoms with E-state index in [1.54, 1.807) is 4.68 Å². The van der Waals surface area contributed by atoms with Gasteiger partial charge in [-0.1, -0.05) is 152 Å². The summed E-state index contributed by atoms with van der Waals surface area (Å²) < 4.78 is 1.74. The van der Waals surface area contributed by atoms with Gasteiger partial charge in [0.25, 0.3) is 5.95 Å². The Morgan fingerprint density at radius 1 is 0.418 bits per heavy atom. The summed E-state index contributed by atoms with van der Waals surface area (Å²) in [4.78, 5) is 11.0.